The van der Waals surface area contributed by atoms with Crippen LogP contribution < -0.4 is 5.11 Å². The number of hydrogen-bond donors (Lipinski definition) is 0. The summed E-state index contributed by atoms with van der Waals surface area (Å²) in [5.74, 6) is -1.53. The van der Waals surface area contributed by atoms with Gasteiger partial charge in [-0.25, -0.2) is 0 Å². The quantitative estimate of drug-likeness (QED) is 0.793. The van der Waals surface area contributed by atoms with Gasteiger partial charge in [0.25, 0.3) is 11.1 Å². The van der Waals surface area contributed by atoms with E-state index < -0.39 is 5.97 Å². The number of carboxylic acids is 1. The molecule has 0 atom stereocenters. The van der Waals surface area contributed by atoms with Crippen LogP contribution in [-0.2, 0) is 4.79 Å². The molecule has 7 heteroatoms. The first-order valence-electron chi connectivity index (χ1n) is 7.25. The molecule has 0 bridgehead atoms. The topological polar surface area (TPSA) is 82.4 Å². The second-order valence-electron chi connectivity index (χ2n) is 5.06. The number of hydrogen-bond acceptors (Lipinski definition) is 5. The second kappa shape index (κ2) is 6.37. The molecule has 2 amide bonds. The van der Waals surface area contributed by atoms with Gasteiger partial charge >= 0.3 is 0 Å². The van der Waals surface area contributed by atoms with E-state index in [2.05, 4.69) is 0 Å². The van der Waals surface area contributed by atoms with Crippen molar-refractivity contribution in [3.8, 4) is 5.69 Å². The summed E-state index contributed by atoms with van der Waals surface area (Å²) in [6, 6.07) is 9.84. The fourth-order valence-electron chi connectivity index (χ4n) is 2.41. The average Bonchev–Trinajstić information content (AvgIpc) is 3.12. The highest BCUT2D eigenvalue weighted by Gasteiger charge is 2.33. The molecule has 0 spiro atoms. The van der Waals surface area contributed by atoms with E-state index in [0.717, 1.165) is 23.1 Å². The number of aromatic nitrogens is 1. The maximum Gasteiger partial charge on any atom is 0.293 e. The number of carboxylic acid groups (broad SMARTS) is 1. The van der Waals surface area contributed by atoms with Gasteiger partial charge in [0.2, 0.25) is 0 Å². The fraction of sp³-hybridized carbons (Fsp3) is 0.118. The van der Waals surface area contributed by atoms with Gasteiger partial charge in [-0.15, -0.1) is 0 Å². The lowest BCUT2D eigenvalue weighted by Crippen LogP contribution is -2.27. The Labute approximate surface area is 142 Å². The number of nitrogens with zero attached hydrogens (tertiary/aromatic N) is 2. The lowest BCUT2D eigenvalue weighted by Gasteiger charge is -2.09. The second-order valence-corrected chi connectivity index (χ2v) is 6.06. The van der Waals surface area contributed by atoms with Gasteiger partial charge in [-0.3, -0.25) is 14.5 Å². The predicted octanol–water partition coefficient (Wildman–Crippen LogP) is 1.90. The summed E-state index contributed by atoms with van der Waals surface area (Å²) < 4.78 is 1.80. The minimum atomic E-state index is -1.23. The molecule has 122 valence electrons. The molecule has 0 saturated carbocycles. The van der Waals surface area contributed by atoms with Crippen LogP contribution in [0.5, 0.6) is 0 Å². The molecule has 0 aliphatic carbocycles. The summed E-state index contributed by atoms with van der Waals surface area (Å²) in [5.41, 5.74) is 1.56. The average molecular weight is 341 g/mol. The van der Waals surface area contributed by atoms with Crippen LogP contribution in [0.3, 0.4) is 0 Å². The van der Waals surface area contributed by atoms with Gasteiger partial charge in [0.05, 0.1) is 10.9 Å². The van der Waals surface area contributed by atoms with E-state index in [1.165, 1.54) is 17.0 Å². The van der Waals surface area contributed by atoms with Crippen LogP contribution in [0.2, 0.25) is 0 Å². The first kappa shape index (κ1) is 16.1. The number of thioether (sulfide) groups is 1. The van der Waals surface area contributed by atoms with Gasteiger partial charge < -0.3 is 14.5 Å². The standard InChI is InChI=1S/C17H14N2O4S/c1-2-18-15(20)14(24-17(18)23)10-13-4-3-9-19(13)12-7-5-11(6-8-12)16(21)22/h3-10H,2H2,1H3,(H,21,22)/p-1/b14-10+. The maximum absolute atomic E-state index is 12.2. The molecule has 0 radical (unpaired) electrons. The zero-order valence-corrected chi connectivity index (χ0v) is 13.6. The van der Waals surface area contributed by atoms with Crippen molar-refractivity contribution in [2.45, 2.75) is 6.92 Å². The molecule has 1 saturated heterocycles. The van der Waals surface area contributed by atoms with E-state index in [4.69, 9.17) is 0 Å². The zero-order valence-electron chi connectivity index (χ0n) is 12.8. The molecule has 1 aromatic carbocycles. The minimum absolute atomic E-state index is 0.0940. The molecule has 0 N–H and O–H groups in total. The van der Waals surface area contributed by atoms with Crippen LogP contribution in [0.4, 0.5) is 4.79 Å². The Morgan fingerprint density at radius 1 is 1.21 bits per heavy atom. The van der Waals surface area contributed by atoms with Gasteiger partial charge in [0, 0.05) is 24.1 Å². The number of rotatable bonds is 4. The maximum atomic E-state index is 12.2. The van der Waals surface area contributed by atoms with Crippen molar-refractivity contribution in [2.75, 3.05) is 6.54 Å². The molecule has 0 unspecified atom stereocenters. The van der Waals surface area contributed by atoms with E-state index in [0.29, 0.717) is 11.4 Å². The van der Waals surface area contributed by atoms with E-state index in [1.807, 2.05) is 12.1 Å². The summed E-state index contributed by atoms with van der Waals surface area (Å²) in [7, 11) is 0. The molecular formula is C17H13N2O4S-. The Hall–Kier alpha value is -2.80. The number of benzene rings is 1. The minimum Gasteiger partial charge on any atom is -0.545 e. The van der Waals surface area contributed by atoms with Crippen LogP contribution in [0.15, 0.2) is 47.5 Å². The van der Waals surface area contributed by atoms with Crippen LogP contribution in [0.1, 0.15) is 23.0 Å². The van der Waals surface area contributed by atoms with Gasteiger partial charge in [-0.2, -0.15) is 0 Å². The molecule has 3 rings (SSSR count). The first-order valence-corrected chi connectivity index (χ1v) is 8.07. The summed E-state index contributed by atoms with van der Waals surface area (Å²) in [6.45, 7) is 2.09. The van der Waals surface area contributed by atoms with Crippen LogP contribution in [-0.4, -0.2) is 33.1 Å². The van der Waals surface area contributed by atoms with Crippen molar-refractivity contribution in [2.24, 2.45) is 0 Å². The molecule has 2 aromatic rings. The number of aromatic carboxylic acids is 1. The smallest absolute Gasteiger partial charge is 0.293 e. The predicted molar refractivity (Wildman–Crippen MR) is 88.5 cm³/mol. The monoisotopic (exact) mass is 341 g/mol. The Kier molecular flexibility index (Phi) is 4.26. The van der Waals surface area contributed by atoms with Crippen molar-refractivity contribution in [3.63, 3.8) is 0 Å². The molecule has 1 fully saturated rings. The number of carbonyl (C=O) groups is 3. The van der Waals surface area contributed by atoms with Crippen molar-refractivity contribution in [1.29, 1.82) is 0 Å². The number of amides is 2. The van der Waals surface area contributed by atoms with Crippen LogP contribution in [0.25, 0.3) is 11.8 Å². The van der Waals surface area contributed by atoms with Crippen molar-refractivity contribution in [3.05, 3.63) is 58.8 Å². The molecule has 6 nitrogen and oxygen atoms in total. The van der Waals surface area contributed by atoms with E-state index in [9.17, 15) is 19.5 Å². The van der Waals surface area contributed by atoms with Crippen molar-refractivity contribution >= 4 is 35.0 Å². The number of imide groups is 1. The molecule has 2 heterocycles. The zero-order chi connectivity index (χ0) is 17.3. The highest BCUT2D eigenvalue weighted by atomic mass is 32.2. The lowest BCUT2D eigenvalue weighted by molar-refractivity contribution is -0.255. The van der Waals surface area contributed by atoms with Crippen LogP contribution in [0, 0.1) is 0 Å². The molecule has 1 aliphatic heterocycles. The highest BCUT2D eigenvalue weighted by molar-refractivity contribution is 8.18. The lowest BCUT2D eigenvalue weighted by atomic mass is 10.2. The van der Waals surface area contributed by atoms with Gasteiger partial charge in [0.1, 0.15) is 0 Å². The van der Waals surface area contributed by atoms with Gasteiger partial charge in [-0.05, 0) is 54.6 Å². The van der Waals surface area contributed by atoms with Gasteiger partial charge in [-0.1, -0.05) is 12.1 Å². The summed E-state index contributed by atoms with van der Waals surface area (Å²) in [4.78, 5) is 36.3. The van der Waals surface area contributed by atoms with E-state index in [1.54, 1.807) is 35.9 Å². The normalized spacial score (nSPS) is 16.2. The Morgan fingerprint density at radius 2 is 1.92 bits per heavy atom. The highest BCUT2D eigenvalue weighted by Crippen LogP contribution is 2.32. The fourth-order valence-corrected chi connectivity index (χ4v) is 3.30. The molecular weight excluding hydrogens is 328 g/mol. The van der Waals surface area contributed by atoms with Gasteiger partial charge in [0.15, 0.2) is 0 Å². The third-order valence-corrected chi connectivity index (χ3v) is 4.54. The first-order chi connectivity index (χ1) is 11.5. The largest absolute Gasteiger partial charge is 0.545 e. The number of carbonyl (C=O) groups excluding carboxylic acids is 3. The SMILES string of the molecule is CCN1C(=O)S/C(=C/c2cccn2-c2ccc(C(=O)[O-])cc2)C1=O. The third kappa shape index (κ3) is 2.85. The van der Waals surface area contributed by atoms with E-state index >= 15 is 0 Å². The third-order valence-electron chi connectivity index (χ3n) is 3.63. The summed E-state index contributed by atoms with van der Waals surface area (Å²) in [5, 5.41) is 10.5. The van der Waals surface area contributed by atoms with E-state index in [-0.39, 0.29) is 16.7 Å². The summed E-state index contributed by atoms with van der Waals surface area (Å²) >= 11 is 0.914. The van der Waals surface area contributed by atoms with Crippen molar-refractivity contribution < 1.29 is 19.5 Å². The summed E-state index contributed by atoms with van der Waals surface area (Å²) in [6.07, 6.45) is 3.46. The Balaban J connectivity index is 1.94. The number of likely N-dealkylation sites (N-methyl/N-ethyl adjacent to an activating group) is 1. The molecule has 1 aromatic heterocycles. The Morgan fingerprint density at radius 3 is 2.50 bits per heavy atom. The van der Waals surface area contributed by atoms with Crippen molar-refractivity contribution in [1.82, 2.24) is 9.47 Å². The molecule has 1 aliphatic rings. The Bertz CT molecular complexity index is 852. The van der Waals surface area contributed by atoms with Crippen LogP contribution >= 0.6 is 11.8 Å². The molecule has 24 heavy (non-hydrogen) atoms.